The molecule has 116 valence electrons. The summed E-state index contributed by atoms with van der Waals surface area (Å²) in [5, 5.41) is 5.31. The van der Waals surface area contributed by atoms with Crippen molar-refractivity contribution in [2.45, 2.75) is 42.6 Å². The number of hydrogen-bond donors (Lipinski definition) is 1. The number of morpholine rings is 1. The van der Waals surface area contributed by atoms with E-state index in [0.717, 1.165) is 25.7 Å². The van der Waals surface area contributed by atoms with E-state index in [1.54, 1.807) is 12.3 Å². The van der Waals surface area contributed by atoms with Crippen molar-refractivity contribution >= 4 is 15.8 Å². The van der Waals surface area contributed by atoms with E-state index in [1.807, 2.05) is 4.90 Å². The summed E-state index contributed by atoms with van der Waals surface area (Å²) in [4.78, 5) is 6.36. The van der Waals surface area contributed by atoms with Gasteiger partial charge in [-0.15, -0.1) is 0 Å². The molecule has 0 bridgehead atoms. The third kappa shape index (κ3) is 3.04. The fourth-order valence-electron chi connectivity index (χ4n) is 3.37. The first-order valence-electron chi connectivity index (χ1n) is 7.37. The molecule has 2 fully saturated rings. The molecule has 21 heavy (non-hydrogen) atoms. The van der Waals surface area contributed by atoms with Crippen LogP contribution in [0.25, 0.3) is 0 Å². The SMILES string of the molecule is NS(=O)(=O)c1cccnc1N1CCOC2(CCCCC2)C1. The number of nitrogens with two attached hydrogens (primary N) is 1. The Morgan fingerprint density at radius 3 is 2.76 bits per heavy atom. The van der Waals surface area contributed by atoms with Crippen molar-refractivity contribution in [3.8, 4) is 0 Å². The first-order valence-corrected chi connectivity index (χ1v) is 8.92. The summed E-state index contributed by atoms with van der Waals surface area (Å²) in [7, 11) is -3.77. The summed E-state index contributed by atoms with van der Waals surface area (Å²) in [6, 6.07) is 3.11. The quantitative estimate of drug-likeness (QED) is 0.889. The third-order valence-electron chi connectivity index (χ3n) is 4.37. The maximum absolute atomic E-state index is 11.7. The zero-order chi connectivity index (χ0) is 14.9. The van der Waals surface area contributed by atoms with Crippen molar-refractivity contribution < 1.29 is 13.2 Å². The minimum Gasteiger partial charge on any atom is -0.371 e. The molecule has 0 atom stereocenters. The lowest BCUT2D eigenvalue weighted by Crippen LogP contribution is -2.53. The molecular weight excluding hydrogens is 290 g/mol. The second-order valence-corrected chi connectivity index (χ2v) is 7.41. The predicted octanol–water partition coefficient (Wildman–Crippen LogP) is 1.27. The van der Waals surface area contributed by atoms with Crippen LogP contribution in [0.15, 0.2) is 23.2 Å². The van der Waals surface area contributed by atoms with Gasteiger partial charge in [0.1, 0.15) is 10.7 Å². The van der Waals surface area contributed by atoms with Crippen LogP contribution in [-0.4, -0.2) is 38.7 Å². The topological polar surface area (TPSA) is 85.5 Å². The molecule has 0 amide bonds. The highest BCUT2D eigenvalue weighted by atomic mass is 32.2. The fourth-order valence-corrected chi connectivity index (χ4v) is 4.07. The van der Waals surface area contributed by atoms with Crippen LogP contribution in [0, 0.1) is 0 Å². The van der Waals surface area contributed by atoms with Crippen LogP contribution in [0.2, 0.25) is 0 Å². The molecule has 2 aliphatic rings. The van der Waals surface area contributed by atoms with Crippen LogP contribution in [-0.2, 0) is 14.8 Å². The van der Waals surface area contributed by atoms with Gasteiger partial charge in [-0.05, 0) is 25.0 Å². The molecule has 7 heteroatoms. The van der Waals surface area contributed by atoms with E-state index < -0.39 is 10.0 Å². The second kappa shape index (κ2) is 5.55. The maximum Gasteiger partial charge on any atom is 0.241 e. The van der Waals surface area contributed by atoms with Gasteiger partial charge in [-0.1, -0.05) is 19.3 Å². The van der Waals surface area contributed by atoms with Crippen molar-refractivity contribution in [3.05, 3.63) is 18.3 Å². The van der Waals surface area contributed by atoms with Gasteiger partial charge in [-0.25, -0.2) is 18.5 Å². The minimum absolute atomic E-state index is 0.0952. The molecular formula is C14H21N3O3S. The van der Waals surface area contributed by atoms with Gasteiger partial charge in [0.15, 0.2) is 0 Å². The highest BCUT2D eigenvalue weighted by Crippen LogP contribution is 2.36. The van der Waals surface area contributed by atoms with Crippen LogP contribution in [0.1, 0.15) is 32.1 Å². The number of sulfonamides is 1. The Morgan fingerprint density at radius 1 is 1.29 bits per heavy atom. The number of primary sulfonamides is 1. The minimum atomic E-state index is -3.77. The van der Waals surface area contributed by atoms with Crippen LogP contribution < -0.4 is 10.0 Å². The van der Waals surface area contributed by atoms with E-state index in [9.17, 15) is 8.42 Å². The lowest BCUT2D eigenvalue weighted by Gasteiger charge is -2.45. The van der Waals surface area contributed by atoms with Crippen molar-refractivity contribution in [2.75, 3.05) is 24.6 Å². The van der Waals surface area contributed by atoms with Gasteiger partial charge in [0, 0.05) is 19.3 Å². The van der Waals surface area contributed by atoms with Gasteiger partial charge in [0.05, 0.1) is 12.2 Å². The molecule has 0 aromatic carbocycles. The highest BCUT2D eigenvalue weighted by Gasteiger charge is 2.39. The van der Waals surface area contributed by atoms with Crippen molar-refractivity contribution in [1.82, 2.24) is 4.98 Å². The average molecular weight is 311 g/mol. The Morgan fingerprint density at radius 2 is 2.05 bits per heavy atom. The van der Waals surface area contributed by atoms with E-state index in [2.05, 4.69) is 4.98 Å². The molecule has 3 rings (SSSR count). The van der Waals surface area contributed by atoms with E-state index in [0.29, 0.717) is 25.5 Å². The molecule has 1 aliphatic heterocycles. The summed E-state index contributed by atoms with van der Waals surface area (Å²) in [6.07, 6.45) is 7.24. The van der Waals surface area contributed by atoms with Gasteiger partial charge in [-0.3, -0.25) is 0 Å². The molecule has 1 aromatic heterocycles. The van der Waals surface area contributed by atoms with Gasteiger partial charge in [0.25, 0.3) is 0 Å². The van der Waals surface area contributed by atoms with Crippen molar-refractivity contribution in [2.24, 2.45) is 5.14 Å². The normalized spacial score (nSPS) is 22.4. The van der Waals surface area contributed by atoms with E-state index >= 15 is 0 Å². The fraction of sp³-hybridized carbons (Fsp3) is 0.643. The molecule has 1 saturated heterocycles. The van der Waals surface area contributed by atoms with Crippen LogP contribution in [0.4, 0.5) is 5.82 Å². The molecule has 2 heterocycles. The molecule has 2 N–H and O–H groups in total. The van der Waals surface area contributed by atoms with Crippen molar-refractivity contribution in [1.29, 1.82) is 0 Å². The first kappa shape index (κ1) is 14.7. The molecule has 1 saturated carbocycles. The zero-order valence-corrected chi connectivity index (χ0v) is 12.8. The molecule has 1 aliphatic carbocycles. The maximum atomic E-state index is 11.7. The van der Waals surface area contributed by atoms with E-state index in [-0.39, 0.29) is 10.5 Å². The standard InChI is InChI=1S/C14H21N3O3S/c15-21(18,19)12-5-4-8-16-13(12)17-9-10-20-14(11-17)6-2-1-3-7-14/h4-5,8H,1-3,6-7,9-11H2,(H2,15,18,19). The van der Waals surface area contributed by atoms with Gasteiger partial charge in [-0.2, -0.15) is 0 Å². The predicted molar refractivity (Wildman–Crippen MR) is 79.6 cm³/mol. The number of ether oxygens (including phenoxy) is 1. The molecule has 0 radical (unpaired) electrons. The number of anilines is 1. The number of aromatic nitrogens is 1. The van der Waals surface area contributed by atoms with Crippen LogP contribution in [0.3, 0.4) is 0 Å². The summed E-state index contributed by atoms with van der Waals surface area (Å²) in [6.45, 7) is 1.93. The number of nitrogens with zero attached hydrogens (tertiary/aromatic N) is 2. The Balaban J connectivity index is 1.90. The first-order chi connectivity index (χ1) is 10.0. The third-order valence-corrected chi connectivity index (χ3v) is 5.30. The van der Waals surface area contributed by atoms with Gasteiger partial charge >= 0.3 is 0 Å². The van der Waals surface area contributed by atoms with Gasteiger partial charge in [0.2, 0.25) is 10.0 Å². The summed E-state index contributed by atoms with van der Waals surface area (Å²) in [5.74, 6) is 0.452. The summed E-state index contributed by atoms with van der Waals surface area (Å²) < 4.78 is 29.5. The van der Waals surface area contributed by atoms with Crippen LogP contribution in [0.5, 0.6) is 0 Å². The van der Waals surface area contributed by atoms with E-state index in [1.165, 1.54) is 12.5 Å². The van der Waals surface area contributed by atoms with Crippen LogP contribution >= 0.6 is 0 Å². The average Bonchev–Trinajstić information content (AvgIpc) is 2.47. The smallest absolute Gasteiger partial charge is 0.241 e. The largest absolute Gasteiger partial charge is 0.371 e. The molecule has 0 unspecified atom stereocenters. The molecule has 1 spiro atoms. The summed E-state index contributed by atoms with van der Waals surface area (Å²) >= 11 is 0. The zero-order valence-electron chi connectivity index (χ0n) is 12.0. The Labute approximate surface area is 125 Å². The highest BCUT2D eigenvalue weighted by molar-refractivity contribution is 7.89. The molecule has 6 nitrogen and oxygen atoms in total. The number of pyridine rings is 1. The van der Waals surface area contributed by atoms with Gasteiger partial charge < -0.3 is 9.64 Å². The Hall–Kier alpha value is -1.18. The Bertz CT molecular complexity index is 606. The Kier molecular flexibility index (Phi) is 3.90. The number of rotatable bonds is 2. The monoisotopic (exact) mass is 311 g/mol. The molecule has 1 aromatic rings. The lowest BCUT2D eigenvalue weighted by atomic mass is 9.83. The summed E-state index contributed by atoms with van der Waals surface area (Å²) in [5.41, 5.74) is -0.149. The van der Waals surface area contributed by atoms with Crippen molar-refractivity contribution in [3.63, 3.8) is 0 Å². The number of hydrogen-bond acceptors (Lipinski definition) is 5. The second-order valence-electron chi connectivity index (χ2n) is 5.88. The lowest BCUT2D eigenvalue weighted by molar-refractivity contribution is -0.0784. The van der Waals surface area contributed by atoms with E-state index in [4.69, 9.17) is 9.88 Å².